The van der Waals surface area contributed by atoms with Gasteiger partial charge in [-0.25, -0.2) is 4.39 Å². The molecule has 0 fully saturated rings. The van der Waals surface area contributed by atoms with Crippen LogP contribution in [-0.2, 0) is 4.79 Å². The number of hydrogen-bond donors (Lipinski definition) is 1. The minimum absolute atomic E-state index is 0.112. The van der Waals surface area contributed by atoms with Crippen LogP contribution in [0, 0.1) is 5.82 Å². The molecule has 17 heavy (non-hydrogen) atoms. The van der Waals surface area contributed by atoms with Crippen molar-refractivity contribution in [2.45, 2.75) is 13.3 Å². The Hall–Kier alpha value is -1.91. The van der Waals surface area contributed by atoms with Crippen LogP contribution in [0.25, 0.3) is 0 Å². The zero-order chi connectivity index (χ0) is 12.6. The van der Waals surface area contributed by atoms with Crippen LogP contribution in [0.4, 0.5) is 15.8 Å². The average molecular weight is 236 g/mol. The van der Waals surface area contributed by atoms with Crippen LogP contribution >= 0.6 is 0 Å². The Morgan fingerprint density at radius 2 is 2.06 bits per heavy atom. The smallest absolute Gasteiger partial charge is 0.296 e. The Balaban J connectivity index is 2.43. The quantitative estimate of drug-likeness (QED) is 0.814. The first kappa shape index (κ1) is 11.6. The lowest BCUT2D eigenvalue weighted by Crippen LogP contribution is -2.19. The van der Waals surface area contributed by atoms with E-state index < -0.39 is 17.5 Å². The molecule has 1 aliphatic heterocycles. The summed E-state index contributed by atoms with van der Waals surface area (Å²) in [6, 6.07) is 2.63. The molecule has 0 aliphatic carbocycles. The molecule has 5 heteroatoms. The van der Waals surface area contributed by atoms with Crippen molar-refractivity contribution in [3.63, 3.8) is 0 Å². The number of rotatable bonds is 3. The minimum atomic E-state index is -0.699. The zero-order valence-corrected chi connectivity index (χ0v) is 9.71. The molecule has 2 rings (SSSR count). The van der Waals surface area contributed by atoms with E-state index in [0.29, 0.717) is 17.9 Å². The summed E-state index contributed by atoms with van der Waals surface area (Å²) in [5.74, 6) is -1.86. The highest BCUT2D eigenvalue weighted by Gasteiger charge is 2.29. The van der Waals surface area contributed by atoms with Crippen LogP contribution in [0.1, 0.15) is 23.7 Å². The van der Waals surface area contributed by atoms with E-state index in [1.807, 2.05) is 6.92 Å². The second-order valence-corrected chi connectivity index (χ2v) is 4.05. The molecule has 1 N–H and O–H groups in total. The van der Waals surface area contributed by atoms with Gasteiger partial charge in [0.15, 0.2) is 0 Å². The Bertz CT molecular complexity index is 500. The molecule has 0 saturated heterocycles. The fourth-order valence-electron chi connectivity index (χ4n) is 1.90. The van der Waals surface area contributed by atoms with Crippen molar-refractivity contribution < 1.29 is 14.0 Å². The van der Waals surface area contributed by atoms with Gasteiger partial charge < -0.3 is 10.2 Å². The lowest BCUT2D eigenvalue weighted by Gasteiger charge is -2.19. The summed E-state index contributed by atoms with van der Waals surface area (Å²) in [5, 5.41) is 2.43. The number of carbonyl (C=O) groups is 2. The second-order valence-electron chi connectivity index (χ2n) is 4.05. The molecule has 1 aromatic carbocycles. The van der Waals surface area contributed by atoms with E-state index in [1.165, 1.54) is 6.07 Å². The van der Waals surface area contributed by atoms with Gasteiger partial charge in [0.2, 0.25) is 0 Å². The van der Waals surface area contributed by atoms with E-state index in [0.717, 1.165) is 12.5 Å². The van der Waals surface area contributed by atoms with Crippen LogP contribution < -0.4 is 10.2 Å². The molecule has 1 amide bonds. The van der Waals surface area contributed by atoms with E-state index in [9.17, 15) is 14.0 Å². The Morgan fingerprint density at radius 3 is 2.71 bits per heavy atom. The molecule has 0 aromatic heterocycles. The third kappa shape index (κ3) is 1.88. The summed E-state index contributed by atoms with van der Waals surface area (Å²) in [6.07, 6.45) is 0.887. The van der Waals surface area contributed by atoms with Gasteiger partial charge in [0.05, 0.1) is 16.9 Å². The molecule has 1 heterocycles. The molecule has 0 spiro atoms. The zero-order valence-electron chi connectivity index (χ0n) is 9.71. The molecule has 0 saturated carbocycles. The highest BCUT2D eigenvalue weighted by Crippen LogP contribution is 2.30. The Kier molecular flexibility index (Phi) is 2.83. The summed E-state index contributed by atoms with van der Waals surface area (Å²) in [6.45, 7) is 2.70. The van der Waals surface area contributed by atoms with Crippen LogP contribution in [0.3, 0.4) is 0 Å². The summed E-state index contributed by atoms with van der Waals surface area (Å²) in [4.78, 5) is 24.3. The Labute approximate surface area is 98.4 Å². The van der Waals surface area contributed by atoms with Gasteiger partial charge in [-0.1, -0.05) is 6.92 Å². The first-order valence-corrected chi connectivity index (χ1v) is 5.45. The number of nitrogens with zero attached hydrogens (tertiary/aromatic N) is 1. The normalized spacial score (nSPS) is 13.6. The molecule has 1 aromatic rings. The van der Waals surface area contributed by atoms with Crippen LogP contribution in [-0.4, -0.2) is 25.3 Å². The van der Waals surface area contributed by atoms with Crippen molar-refractivity contribution >= 4 is 23.1 Å². The third-order valence-electron chi connectivity index (χ3n) is 2.76. The van der Waals surface area contributed by atoms with Gasteiger partial charge in [-0.3, -0.25) is 9.59 Å². The average Bonchev–Trinajstić information content (AvgIpc) is 2.55. The molecule has 0 radical (unpaired) electrons. The van der Waals surface area contributed by atoms with Gasteiger partial charge in [0.25, 0.3) is 11.7 Å². The van der Waals surface area contributed by atoms with E-state index >= 15 is 0 Å². The van der Waals surface area contributed by atoms with E-state index in [-0.39, 0.29) is 5.56 Å². The van der Waals surface area contributed by atoms with Crippen molar-refractivity contribution in [1.29, 1.82) is 0 Å². The van der Waals surface area contributed by atoms with Gasteiger partial charge in [-0.2, -0.15) is 0 Å². The van der Waals surface area contributed by atoms with Crippen molar-refractivity contribution in [2.75, 3.05) is 23.8 Å². The third-order valence-corrected chi connectivity index (χ3v) is 2.76. The highest BCUT2D eigenvalue weighted by atomic mass is 19.1. The molecule has 1 aliphatic rings. The summed E-state index contributed by atoms with van der Waals surface area (Å²) < 4.78 is 13.8. The maximum Gasteiger partial charge on any atom is 0.296 e. The number of Topliss-reactive ketones (excluding diaryl/α,β-unsaturated/α-hetero) is 1. The summed E-state index contributed by atoms with van der Waals surface area (Å²) >= 11 is 0. The summed E-state index contributed by atoms with van der Waals surface area (Å²) in [7, 11) is 1.77. The molecule has 0 bridgehead atoms. The Morgan fingerprint density at radius 1 is 1.35 bits per heavy atom. The maximum atomic E-state index is 13.8. The van der Waals surface area contributed by atoms with Gasteiger partial charge in [0.1, 0.15) is 5.82 Å². The summed E-state index contributed by atoms with van der Waals surface area (Å²) in [5.41, 5.74) is 0.890. The number of ketones is 1. The second kappa shape index (κ2) is 4.16. The van der Waals surface area contributed by atoms with Crippen LogP contribution in [0.15, 0.2) is 12.1 Å². The van der Waals surface area contributed by atoms with Gasteiger partial charge in [0, 0.05) is 13.6 Å². The van der Waals surface area contributed by atoms with E-state index in [1.54, 1.807) is 11.9 Å². The molecule has 4 nitrogen and oxygen atoms in total. The first-order valence-electron chi connectivity index (χ1n) is 5.45. The van der Waals surface area contributed by atoms with Crippen molar-refractivity contribution in [3.8, 4) is 0 Å². The number of hydrogen-bond acceptors (Lipinski definition) is 3. The van der Waals surface area contributed by atoms with E-state index in [4.69, 9.17) is 0 Å². The number of amides is 1. The monoisotopic (exact) mass is 236 g/mol. The fourth-order valence-corrected chi connectivity index (χ4v) is 1.90. The lowest BCUT2D eigenvalue weighted by atomic mass is 10.1. The fraction of sp³-hybridized carbons (Fsp3) is 0.333. The largest absolute Gasteiger partial charge is 0.372 e. The molecule has 0 atom stereocenters. The van der Waals surface area contributed by atoms with Gasteiger partial charge in [-0.05, 0) is 18.6 Å². The standard InChI is InChI=1S/C12H13FN2O2/c1-3-4-15(2)10-6-9-7(5-8(10)13)11(16)12(17)14-9/h5-6H,3-4H2,1-2H3,(H,14,16,17). The molecular weight excluding hydrogens is 223 g/mol. The number of nitrogens with one attached hydrogen (secondary N) is 1. The number of carbonyl (C=O) groups excluding carboxylic acids is 2. The number of halogens is 1. The van der Waals surface area contributed by atoms with Gasteiger partial charge in [-0.15, -0.1) is 0 Å². The number of fused-ring (bicyclic) bond motifs is 1. The SMILES string of the molecule is CCCN(C)c1cc2c(cc1F)C(=O)C(=O)N2. The van der Waals surface area contributed by atoms with Crippen molar-refractivity contribution in [2.24, 2.45) is 0 Å². The van der Waals surface area contributed by atoms with Gasteiger partial charge >= 0.3 is 0 Å². The van der Waals surface area contributed by atoms with Crippen molar-refractivity contribution in [1.82, 2.24) is 0 Å². The van der Waals surface area contributed by atoms with Crippen molar-refractivity contribution in [3.05, 3.63) is 23.5 Å². The lowest BCUT2D eigenvalue weighted by molar-refractivity contribution is -0.112. The predicted molar refractivity (Wildman–Crippen MR) is 62.9 cm³/mol. The number of benzene rings is 1. The minimum Gasteiger partial charge on any atom is -0.372 e. The van der Waals surface area contributed by atoms with Crippen LogP contribution in [0.5, 0.6) is 0 Å². The number of anilines is 2. The first-order chi connectivity index (χ1) is 8.04. The topological polar surface area (TPSA) is 49.4 Å². The van der Waals surface area contributed by atoms with E-state index in [2.05, 4.69) is 5.32 Å². The molecule has 0 unspecified atom stereocenters. The highest BCUT2D eigenvalue weighted by molar-refractivity contribution is 6.51. The predicted octanol–water partition coefficient (Wildman–Crippen LogP) is 1.81. The van der Waals surface area contributed by atoms with Crippen LogP contribution in [0.2, 0.25) is 0 Å². The maximum absolute atomic E-state index is 13.8. The molecular formula is C12H13FN2O2. The molecule has 90 valence electrons.